The van der Waals surface area contributed by atoms with Gasteiger partial charge >= 0.3 is 0 Å². The Labute approximate surface area is 144 Å². The summed E-state index contributed by atoms with van der Waals surface area (Å²) in [6.07, 6.45) is 4.98. The Morgan fingerprint density at radius 1 is 1.29 bits per heavy atom. The molecule has 2 aromatic rings. The van der Waals surface area contributed by atoms with Crippen molar-refractivity contribution < 1.29 is 0 Å². The molecule has 1 aliphatic rings. The molecule has 5 heteroatoms. The molecule has 130 valence electrons. The molecule has 1 N–H and O–H groups in total. The van der Waals surface area contributed by atoms with E-state index in [-0.39, 0.29) is 5.54 Å². The summed E-state index contributed by atoms with van der Waals surface area (Å²) in [4.78, 5) is 11.9. The fourth-order valence-electron chi connectivity index (χ4n) is 3.18. The van der Waals surface area contributed by atoms with Gasteiger partial charge in [0.05, 0.1) is 5.69 Å². The predicted octanol–water partition coefficient (Wildman–Crippen LogP) is 2.96. The first-order chi connectivity index (χ1) is 11.3. The van der Waals surface area contributed by atoms with Crippen LogP contribution in [0.4, 0.5) is 0 Å². The van der Waals surface area contributed by atoms with Crippen molar-refractivity contribution in [2.24, 2.45) is 10.4 Å². The van der Waals surface area contributed by atoms with Crippen molar-refractivity contribution >= 4 is 11.6 Å². The molecule has 3 rings (SSSR count). The molecule has 1 saturated heterocycles. The van der Waals surface area contributed by atoms with Crippen LogP contribution in [0.25, 0.3) is 5.65 Å². The van der Waals surface area contributed by atoms with Crippen LogP contribution >= 0.6 is 0 Å². The SMILES string of the molecule is CCNC(=NCCc1cn2ccccc2n1)N1CC(C)(C)C1(C)C. The molecule has 24 heavy (non-hydrogen) atoms. The summed E-state index contributed by atoms with van der Waals surface area (Å²) in [5.74, 6) is 1.02. The van der Waals surface area contributed by atoms with Gasteiger partial charge in [-0.2, -0.15) is 0 Å². The van der Waals surface area contributed by atoms with Gasteiger partial charge in [-0.05, 0) is 32.9 Å². The molecular formula is C19H29N5. The second kappa shape index (κ2) is 6.11. The van der Waals surface area contributed by atoms with Crippen molar-refractivity contribution in [2.75, 3.05) is 19.6 Å². The molecule has 0 unspecified atom stereocenters. The number of likely N-dealkylation sites (tertiary alicyclic amines) is 1. The predicted molar refractivity (Wildman–Crippen MR) is 99.4 cm³/mol. The van der Waals surface area contributed by atoms with E-state index in [0.717, 1.165) is 43.4 Å². The van der Waals surface area contributed by atoms with Crippen LogP contribution in [0.1, 0.15) is 40.3 Å². The second-order valence-corrected chi connectivity index (χ2v) is 7.71. The first-order valence-corrected chi connectivity index (χ1v) is 8.84. The summed E-state index contributed by atoms with van der Waals surface area (Å²) in [5, 5.41) is 3.44. The van der Waals surface area contributed by atoms with Crippen LogP contribution in [0.3, 0.4) is 0 Å². The number of fused-ring (bicyclic) bond motifs is 1. The Balaban J connectivity index is 1.68. The van der Waals surface area contributed by atoms with Gasteiger partial charge in [0.15, 0.2) is 5.96 Å². The molecule has 0 spiro atoms. The number of aliphatic imine (C=N–C) groups is 1. The van der Waals surface area contributed by atoms with E-state index in [1.165, 1.54) is 0 Å². The summed E-state index contributed by atoms with van der Waals surface area (Å²) >= 11 is 0. The largest absolute Gasteiger partial charge is 0.356 e. The molecule has 5 nitrogen and oxygen atoms in total. The number of hydrogen-bond donors (Lipinski definition) is 1. The molecule has 1 fully saturated rings. The fourth-order valence-corrected chi connectivity index (χ4v) is 3.18. The number of hydrogen-bond acceptors (Lipinski definition) is 2. The standard InChI is InChI=1S/C19H29N5/c1-6-20-17(24-14-18(2,3)19(24,4)5)21-11-10-15-13-23-12-8-7-9-16(23)22-15/h7-9,12-13H,6,10-11,14H2,1-5H3,(H,20,21). The summed E-state index contributed by atoms with van der Waals surface area (Å²) < 4.78 is 2.06. The molecule has 0 amide bonds. The maximum atomic E-state index is 4.84. The fraction of sp³-hybridized carbons (Fsp3) is 0.579. The highest BCUT2D eigenvalue weighted by Crippen LogP contribution is 2.46. The van der Waals surface area contributed by atoms with Crippen LogP contribution in [0.2, 0.25) is 0 Å². The number of imidazole rings is 1. The van der Waals surface area contributed by atoms with Gasteiger partial charge < -0.3 is 14.6 Å². The quantitative estimate of drug-likeness (QED) is 0.694. The zero-order valence-electron chi connectivity index (χ0n) is 15.5. The Morgan fingerprint density at radius 2 is 2.08 bits per heavy atom. The number of aromatic nitrogens is 2. The summed E-state index contributed by atoms with van der Waals surface area (Å²) in [5.41, 5.74) is 2.51. The average Bonchev–Trinajstić information content (AvgIpc) is 2.94. The van der Waals surface area contributed by atoms with Gasteiger partial charge in [-0.1, -0.05) is 19.9 Å². The molecular weight excluding hydrogens is 298 g/mol. The Bertz CT molecular complexity index is 708. The van der Waals surface area contributed by atoms with E-state index >= 15 is 0 Å². The third-order valence-electron chi connectivity index (χ3n) is 5.52. The molecule has 0 aromatic carbocycles. The van der Waals surface area contributed by atoms with E-state index < -0.39 is 0 Å². The summed E-state index contributed by atoms with van der Waals surface area (Å²) in [7, 11) is 0. The monoisotopic (exact) mass is 327 g/mol. The molecule has 0 bridgehead atoms. The maximum absolute atomic E-state index is 4.84. The smallest absolute Gasteiger partial charge is 0.194 e. The molecule has 3 heterocycles. The molecule has 0 aliphatic carbocycles. The van der Waals surface area contributed by atoms with Crippen molar-refractivity contribution in [1.82, 2.24) is 19.6 Å². The first-order valence-electron chi connectivity index (χ1n) is 8.84. The highest BCUT2D eigenvalue weighted by Gasteiger charge is 2.53. The molecule has 0 saturated carbocycles. The Morgan fingerprint density at radius 3 is 2.71 bits per heavy atom. The van der Waals surface area contributed by atoms with E-state index in [1.54, 1.807) is 0 Å². The van der Waals surface area contributed by atoms with Gasteiger partial charge in [-0.25, -0.2) is 4.98 Å². The minimum absolute atomic E-state index is 0.122. The van der Waals surface area contributed by atoms with Crippen molar-refractivity contribution in [2.45, 2.75) is 46.6 Å². The van der Waals surface area contributed by atoms with Crippen LogP contribution in [-0.2, 0) is 6.42 Å². The van der Waals surface area contributed by atoms with Crippen molar-refractivity contribution in [3.05, 3.63) is 36.3 Å². The van der Waals surface area contributed by atoms with E-state index in [0.29, 0.717) is 5.41 Å². The number of pyridine rings is 1. The van der Waals surface area contributed by atoms with Crippen LogP contribution < -0.4 is 5.32 Å². The van der Waals surface area contributed by atoms with Crippen molar-refractivity contribution in [3.8, 4) is 0 Å². The minimum Gasteiger partial charge on any atom is -0.356 e. The lowest BCUT2D eigenvalue weighted by Gasteiger charge is -2.62. The zero-order chi connectivity index (χ0) is 17.4. The minimum atomic E-state index is 0.122. The van der Waals surface area contributed by atoms with E-state index in [4.69, 9.17) is 4.99 Å². The Hall–Kier alpha value is -2.04. The van der Waals surface area contributed by atoms with Crippen molar-refractivity contribution in [1.29, 1.82) is 0 Å². The molecule has 0 radical (unpaired) electrons. The lowest BCUT2D eigenvalue weighted by atomic mass is 9.65. The average molecular weight is 327 g/mol. The number of nitrogens with zero attached hydrogens (tertiary/aromatic N) is 4. The summed E-state index contributed by atoms with van der Waals surface area (Å²) in [6, 6.07) is 6.07. The van der Waals surface area contributed by atoms with E-state index in [2.05, 4.69) is 60.4 Å². The number of nitrogens with one attached hydrogen (secondary N) is 1. The van der Waals surface area contributed by atoms with Gasteiger partial charge in [0.2, 0.25) is 0 Å². The van der Waals surface area contributed by atoms with Gasteiger partial charge in [0.25, 0.3) is 0 Å². The van der Waals surface area contributed by atoms with Gasteiger partial charge in [-0.3, -0.25) is 4.99 Å². The molecule has 2 aromatic heterocycles. The van der Waals surface area contributed by atoms with Gasteiger partial charge in [-0.15, -0.1) is 0 Å². The molecule has 0 atom stereocenters. The van der Waals surface area contributed by atoms with Crippen LogP contribution in [0.5, 0.6) is 0 Å². The van der Waals surface area contributed by atoms with Gasteiger partial charge in [0.1, 0.15) is 5.65 Å². The third-order valence-corrected chi connectivity index (χ3v) is 5.52. The highest BCUT2D eigenvalue weighted by molar-refractivity contribution is 5.82. The lowest BCUT2D eigenvalue weighted by molar-refractivity contribution is -0.0667. The van der Waals surface area contributed by atoms with Gasteiger partial charge in [0, 0.05) is 49.4 Å². The van der Waals surface area contributed by atoms with E-state index in [1.807, 2.05) is 24.4 Å². The van der Waals surface area contributed by atoms with Crippen LogP contribution in [-0.4, -0.2) is 45.4 Å². The van der Waals surface area contributed by atoms with Crippen molar-refractivity contribution in [3.63, 3.8) is 0 Å². The Kier molecular flexibility index (Phi) is 4.28. The number of guanidine groups is 1. The third kappa shape index (κ3) is 2.87. The topological polar surface area (TPSA) is 44.9 Å². The second-order valence-electron chi connectivity index (χ2n) is 7.71. The lowest BCUT2D eigenvalue weighted by Crippen LogP contribution is -2.72. The van der Waals surface area contributed by atoms with Crippen LogP contribution in [0.15, 0.2) is 35.6 Å². The zero-order valence-corrected chi connectivity index (χ0v) is 15.5. The van der Waals surface area contributed by atoms with E-state index in [9.17, 15) is 0 Å². The summed E-state index contributed by atoms with van der Waals surface area (Å²) in [6.45, 7) is 14.0. The van der Waals surface area contributed by atoms with Crippen LogP contribution in [0, 0.1) is 5.41 Å². The maximum Gasteiger partial charge on any atom is 0.194 e. The highest BCUT2D eigenvalue weighted by atomic mass is 15.4. The number of rotatable bonds is 4. The normalized spacial score (nSPS) is 19.4. The first kappa shape index (κ1) is 16.8. The molecule has 1 aliphatic heterocycles.